The maximum absolute atomic E-state index is 13.7. The molecule has 0 fully saturated rings. The predicted octanol–water partition coefficient (Wildman–Crippen LogP) is 4.15. The molecule has 2 nitrogen and oxygen atoms in total. The average Bonchev–Trinajstić information content (AvgIpc) is 2.36. The smallest absolute Gasteiger partial charge is 0.255 e. The number of amides is 1. The van der Waals surface area contributed by atoms with Crippen LogP contribution in [0.5, 0.6) is 0 Å². The summed E-state index contributed by atoms with van der Waals surface area (Å²) in [6.45, 7) is 1.66. The second-order valence-corrected chi connectivity index (χ2v) is 4.81. The van der Waals surface area contributed by atoms with Crippen LogP contribution in [-0.2, 0) is 0 Å². The molecule has 0 heterocycles. The maximum atomic E-state index is 13.7. The van der Waals surface area contributed by atoms with Gasteiger partial charge in [0, 0.05) is 10.0 Å². The van der Waals surface area contributed by atoms with Crippen molar-refractivity contribution in [2.75, 3.05) is 5.32 Å². The Balaban J connectivity index is 2.21. The fourth-order valence-corrected chi connectivity index (χ4v) is 1.80. The van der Waals surface area contributed by atoms with Crippen molar-refractivity contribution in [2.45, 2.75) is 6.92 Å². The number of hydrogen-bond donors (Lipinski definition) is 1. The van der Waals surface area contributed by atoms with Crippen LogP contribution >= 0.6 is 15.9 Å². The van der Waals surface area contributed by atoms with E-state index in [1.54, 1.807) is 49.4 Å². The zero-order valence-electron chi connectivity index (χ0n) is 9.71. The molecule has 0 aromatic heterocycles. The minimum Gasteiger partial charge on any atom is -0.319 e. The summed E-state index contributed by atoms with van der Waals surface area (Å²) in [5, 5.41) is 2.56. The van der Waals surface area contributed by atoms with E-state index in [1.165, 1.54) is 0 Å². The number of anilines is 1. The lowest BCUT2D eigenvalue weighted by molar-refractivity contribution is 0.102. The Kier molecular flexibility index (Phi) is 3.77. The highest BCUT2D eigenvalue weighted by molar-refractivity contribution is 9.10. The van der Waals surface area contributed by atoms with Crippen LogP contribution in [-0.4, -0.2) is 5.91 Å². The molecule has 2 rings (SSSR count). The van der Waals surface area contributed by atoms with Crippen molar-refractivity contribution in [1.29, 1.82) is 0 Å². The molecule has 2 aromatic carbocycles. The average molecular weight is 308 g/mol. The van der Waals surface area contributed by atoms with Crippen molar-refractivity contribution in [1.82, 2.24) is 0 Å². The third kappa shape index (κ3) is 2.76. The Hall–Kier alpha value is -1.68. The SMILES string of the molecule is Cc1cccc(NC(=O)c2ccc(Br)cc2)c1F. The number of aryl methyl sites for hydroxylation is 1. The Morgan fingerprint density at radius 1 is 1.17 bits per heavy atom. The summed E-state index contributed by atoms with van der Waals surface area (Å²) in [6.07, 6.45) is 0. The van der Waals surface area contributed by atoms with Crippen LogP contribution < -0.4 is 5.32 Å². The Bertz CT molecular complexity index is 581. The van der Waals surface area contributed by atoms with Gasteiger partial charge in [0.15, 0.2) is 0 Å². The standard InChI is InChI=1S/C14H11BrFNO/c1-9-3-2-4-12(13(9)16)17-14(18)10-5-7-11(15)8-6-10/h2-8H,1H3,(H,17,18). The van der Waals surface area contributed by atoms with Crippen LogP contribution in [0.15, 0.2) is 46.9 Å². The lowest BCUT2D eigenvalue weighted by Gasteiger charge is -2.07. The van der Waals surface area contributed by atoms with Gasteiger partial charge in [-0.3, -0.25) is 4.79 Å². The van der Waals surface area contributed by atoms with Gasteiger partial charge in [-0.25, -0.2) is 4.39 Å². The first kappa shape index (κ1) is 12.8. The highest BCUT2D eigenvalue weighted by atomic mass is 79.9. The van der Waals surface area contributed by atoms with Crippen LogP contribution in [0, 0.1) is 12.7 Å². The molecule has 0 spiro atoms. The van der Waals surface area contributed by atoms with Crippen molar-refractivity contribution >= 4 is 27.5 Å². The van der Waals surface area contributed by atoms with E-state index in [1.807, 2.05) is 0 Å². The molecule has 1 N–H and O–H groups in total. The second kappa shape index (κ2) is 5.31. The van der Waals surface area contributed by atoms with Crippen molar-refractivity contribution in [3.63, 3.8) is 0 Å². The summed E-state index contributed by atoms with van der Waals surface area (Å²) in [5.74, 6) is -0.727. The largest absolute Gasteiger partial charge is 0.319 e. The van der Waals surface area contributed by atoms with Crippen molar-refractivity contribution < 1.29 is 9.18 Å². The number of halogens is 2. The molecule has 0 aliphatic rings. The molecule has 0 bridgehead atoms. The van der Waals surface area contributed by atoms with Gasteiger partial charge < -0.3 is 5.32 Å². The maximum Gasteiger partial charge on any atom is 0.255 e. The predicted molar refractivity (Wildman–Crippen MR) is 73.2 cm³/mol. The minimum absolute atomic E-state index is 0.197. The number of benzene rings is 2. The van der Waals surface area contributed by atoms with Gasteiger partial charge in [-0.2, -0.15) is 0 Å². The first-order valence-electron chi connectivity index (χ1n) is 5.40. The molecule has 0 aliphatic carbocycles. The normalized spacial score (nSPS) is 10.2. The summed E-state index contributed by atoms with van der Waals surface area (Å²) in [6, 6.07) is 11.8. The summed E-state index contributed by atoms with van der Waals surface area (Å²) < 4.78 is 14.6. The number of carbonyl (C=O) groups excluding carboxylic acids is 1. The Morgan fingerprint density at radius 2 is 1.83 bits per heavy atom. The fraction of sp³-hybridized carbons (Fsp3) is 0.0714. The Morgan fingerprint density at radius 3 is 2.50 bits per heavy atom. The zero-order valence-corrected chi connectivity index (χ0v) is 11.3. The van der Waals surface area contributed by atoms with E-state index >= 15 is 0 Å². The molecule has 0 atom stereocenters. The van der Waals surface area contributed by atoms with Crippen LogP contribution in [0.1, 0.15) is 15.9 Å². The van der Waals surface area contributed by atoms with Crippen LogP contribution in [0.25, 0.3) is 0 Å². The summed E-state index contributed by atoms with van der Waals surface area (Å²) in [7, 11) is 0. The molecule has 92 valence electrons. The monoisotopic (exact) mass is 307 g/mol. The van der Waals surface area contributed by atoms with Gasteiger partial charge >= 0.3 is 0 Å². The third-order valence-corrected chi connectivity index (χ3v) is 3.08. The van der Waals surface area contributed by atoms with Crippen molar-refractivity contribution in [2.24, 2.45) is 0 Å². The van der Waals surface area contributed by atoms with Gasteiger partial charge in [-0.15, -0.1) is 0 Å². The highest BCUT2D eigenvalue weighted by Gasteiger charge is 2.10. The van der Waals surface area contributed by atoms with E-state index in [0.717, 1.165) is 4.47 Å². The first-order chi connectivity index (χ1) is 8.58. The molecular formula is C14H11BrFNO. The third-order valence-electron chi connectivity index (χ3n) is 2.55. The first-order valence-corrected chi connectivity index (χ1v) is 6.19. The van der Waals surface area contributed by atoms with Gasteiger partial charge in [0.05, 0.1) is 5.69 Å². The van der Waals surface area contributed by atoms with Gasteiger partial charge in [-0.05, 0) is 42.8 Å². The summed E-state index contributed by atoms with van der Waals surface area (Å²) in [5.41, 5.74) is 1.19. The summed E-state index contributed by atoms with van der Waals surface area (Å²) >= 11 is 3.29. The molecule has 0 saturated carbocycles. The number of nitrogens with one attached hydrogen (secondary N) is 1. The molecule has 4 heteroatoms. The van der Waals surface area contributed by atoms with Crippen LogP contribution in [0.2, 0.25) is 0 Å². The molecular weight excluding hydrogens is 297 g/mol. The van der Waals surface area contributed by atoms with Gasteiger partial charge in [0.25, 0.3) is 5.91 Å². The highest BCUT2D eigenvalue weighted by Crippen LogP contribution is 2.18. The molecule has 0 radical (unpaired) electrons. The van der Waals surface area contributed by atoms with Gasteiger partial charge in [0.2, 0.25) is 0 Å². The number of rotatable bonds is 2. The summed E-state index contributed by atoms with van der Waals surface area (Å²) in [4.78, 5) is 11.9. The molecule has 1 amide bonds. The lowest BCUT2D eigenvalue weighted by atomic mass is 10.2. The molecule has 18 heavy (non-hydrogen) atoms. The van der Waals surface area contributed by atoms with E-state index in [4.69, 9.17) is 0 Å². The minimum atomic E-state index is -0.400. The quantitative estimate of drug-likeness (QED) is 0.887. The molecule has 0 unspecified atom stereocenters. The fourth-order valence-electron chi connectivity index (χ4n) is 1.54. The zero-order chi connectivity index (χ0) is 13.1. The second-order valence-electron chi connectivity index (χ2n) is 3.90. The van der Waals surface area contributed by atoms with Crippen LogP contribution in [0.3, 0.4) is 0 Å². The number of hydrogen-bond acceptors (Lipinski definition) is 1. The van der Waals surface area contributed by atoms with E-state index in [9.17, 15) is 9.18 Å². The van der Waals surface area contributed by atoms with Crippen LogP contribution in [0.4, 0.5) is 10.1 Å². The lowest BCUT2D eigenvalue weighted by Crippen LogP contribution is -2.13. The van der Waals surface area contributed by atoms with E-state index in [0.29, 0.717) is 11.1 Å². The van der Waals surface area contributed by atoms with Gasteiger partial charge in [-0.1, -0.05) is 28.1 Å². The topological polar surface area (TPSA) is 29.1 Å². The number of carbonyl (C=O) groups is 1. The Labute approximate surface area is 113 Å². The molecule has 2 aromatic rings. The molecule has 0 saturated heterocycles. The molecule has 0 aliphatic heterocycles. The van der Waals surface area contributed by atoms with E-state index in [2.05, 4.69) is 21.2 Å². The van der Waals surface area contributed by atoms with Crippen molar-refractivity contribution in [3.05, 3.63) is 63.9 Å². The van der Waals surface area contributed by atoms with E-state index < -0.39 is 5.82 Å². The van der Waals surface area contributed by atoms with E-state index in [-0.39, 0.29) is 11.6 Å². The van der Waals surface area contributed by atoms with Crippen molar-refractivity contribution in [3.8, 4) is 0 Å². The van der Waals surface area contributed by atoms with Gasteiger partial charge in [0.1, 0.15) is 5.82 Å².